The van der Waals surface area contributed by atoms with Crippen molar-refractivity contribution >= 4 is 16.9 Å². The van der Waals surface area contributed by atoms with Gasteiger partial charge in [0.1, 0.15) is 12.1 Å². The SMILES string of the molecule is COc1c(CN=C(N)N2CCCC(C)C2)oc2ccccc12. The van der Waals surface area contributed by atoms with Crippen LogP contribution in [0.4, 0.5) is 0 Å². The quantitative estimate of drug-likeness (QED) is 0.699. The summed E-state index contributed by atoms with van der Waals surface area (Å²) in [5.41, 5.74) is 6.95. The summed E-state index contributed by atoms with van der Waals surface area (Å²) in [5.74, 6) is 2.73. The molecule has 0 radical (unpaired) electrons. The number of hydrogen-bond donors (Lipinski definition) is 1. The van der Waals surface area contributed by atoms with Crippen LogP contribution in [-0.4, -0.2) is 31.1 Å². The third-order valence-corrected chi connectivity index (χ3v) is 4.19. The Morgan fingerprint density at radius 2 is 2.27 bits per heavy atom. The molecule has 1 aliphatic rings. The zero-order valence-electron chi connectivity index (χ0n) is 13.2. The lowest BCUT2D eigenvalue weighted by Gasteiger charge is -2.31. The smallest absolute Gasteiger partial charge is 0.191 e. The summed E-state index contributed by atoms with van der Waals surface area (Å²) < 4.78 is 11.3. The van der Waals surface area contributed by atoms with Crippen LogP contribution in [0.15, 0.2) is 33.7 Å². The number of methoxy groups -OCH3 is 1. The molecule has 1 unspecified atom stereocenters. The highest BCUT2D eigenvalue weighted by molar-refractivity contribution is 5.85. The van der Waals surface area contributed by atoms with Crippen molar-refractivity contribution in [1.29, 1.82) is 0 Å². The van der Waals surface area contributed by atoms with Gasteiger partial charge < -0.3 is 19.8 Å². The van der Waals surface area contributed by atoms with E-state index in [0.717, 1.165) is 35.6 Å². The number of nitrogens with two attached hydrogens (primary N) is 1. The molecule has 1 atom stereocenters. The third kappa shape index (κ3) is 2.89. The summed E-state index contributed by atoms with van der Waals surface area (Å²) in [5, 5.41) is 0.973. The highest BCUT2D eigenvalue weighted by Crippen LogP contribution is 2.33. The number of aliphatic imine (C=N–C) groups is 1. The molecule has 1 aliphatic heterocycles. The second-order valence-electron chi connectivity index (χ2n) is 5.92. The van der Waals surface area contributed by atoms with Crippen molar-refractivity contribution in [2.75, 3.05) is 20.2 Å². The topological polar surface area (TPSA) is 64.0 Å². The fourth-order valence-electron chi connectivity index (χ4n) is 3.05. The highest BCUT2D eigenvalue weighted by Gasteiger charge is 2.18. The average molecular weight is 301 g/mol. The Labute approximate surface area is 130 Å². The molecule has 2 aromatic rings. The number of benzene rings is 1. The largest absolute Gasteiger partial charge is 0.492 e. The Morgan fingerprint density at radius 3 is 3.05 bits per heavy atom. The molecule has 0 spiro atoms. The van der Waals surface area contributed by atoms with Gasteiger partial charge in [0.25, 0.3) is 0 Å². The number of piperidine rings is 1. The summed E-state index contributed by atoms with van der Waals surface area (Å²) in [6, 6.07) is 7.83. The highest BCUT2D eigenvalue weighted by atomic mass is 16.5. The Balaban J connectivity index is 1.79. The lowest BCUT2D eigenvalue weighted by atomic mass is 10.0. The van der Waals surface area contributed by atoms with Gasteiger partial charge in [-0.15, -0.1) is 0 Å². The van der Waals surface area contributed by atoms with Crippen molar-refractivity contribution in [2.24, 2.45) is 16.6 Å². The lowest BCUT2D eigenvalue weighted by Crippen LogP contribution is -2.43. The zero-order valence-corrected chi connectivity index (χ0v) is 13.2. The summed E-state index contributed by atoms with van der Waals surface area (Å²) in [7, 11) is 1.65. The molecule has 0 aliphatic carbocycles. The molecule has 0 bridgehead atoms. The van der Waals surface area contributed by atoms with Crippen LogP contribution in [-0.2, 0) is 6.54 Å². The number of rotatable bonds is 3. The second-order valence-corrected chi connectivity index (χ2v) is 5.92. The number of furan rings is 1. The molecule has 0 amide bonds. The van der Waals surface area contributed by atoms with E-state index in [4.69, 9.17) is 14.9 Å². The molecule has 2 heterocycles. The Morgan fingerprint density at radius 1 is 1.45 bits per heavy atom. The van der Waals surface area contributed by atoms with E-state index in [1.165, 1.54) is 12.8 Å². The van der Waals surface area contributed by atoms with E-state index in [1.54, 1.807) is 7.11 Å². The molecule has 1 aromatic carbocycles. The van der Waals surface area contributed by atoms with E-state index in [9.17, 15) is 0 Å². The van der Waals surface area contributed by atoms with Gasteiger partial charge in [0.2, 0.25) is 0 Å². The molecule has 1 aromatic heterocycles. The molecule has 22 heavy (non-hydrogen) atoms. The minimum absolute atomic E-state index is 0.397. The fourth-order valence-corrected chi connectivity index (χ4v) is 3.05. The number of nitrogens with zero attached hydrogens (tertiary/aromatic N) is 2. The predicted molar refractivity (Wildman–Crippen MR) is 88.1 cm³/mol. The lowest BCUT2D eigenvalue weighted by molar-refractivity contribution is 0.270. The Kier molecular flexibility index (Phi) is 4.22. The zero-order chi connectivity index (χ0) is 15.5. The van der Waals surface area contributed by atoms with E-state index >= 15 is 0 Å². The van der Waals surface area contributed by atoms with E-state index in [2.05, 4.69) is 16.8 Å². The number of likely N-dealkylation sites (tertiary alicyclic amines) is 1. The second kappa shape index (κ2) is 6.30. The molecule has 1 fully saturated rings. The molecule has 3 rings (SSSR count). The summed E-state index contributed by atoms with van der Waals surface area (Å²) in [6.07, 6.45) is 2.44. The maximum Gasteiger partial charge on any atom is 0.191 e. The van der Waals surface area contributed by atoms with Crippen LogP contribution >= 0.6 is 0 Å². The Hall–Kier alpha value is -2.17. The van der Waals surface area contributed by atoms with Crippen molar-refractivity contribution < 1.29 is 9.15 Å². The summed E-state index contributed by atoms with van der Waals surface area (Å²) in [6.45, 7) is 4.61. The van der Waals surface area contributed by atoms with Gasteiger partial charge in [-0.2, -0.15) is 0 Å². The monoisotopic (exact) mass is 301 g/mol. The van der Waals surface area contributed by atoms with Crippen LogP contribution in [0.2, 0.25) is 0 Å². The molecule has 2 N–H and O–H groups in total. The number of para-hydroxylation sites is 1. The van der Waals surface area contributed by atoms with Gasteiger partial charge in [-0.1, -0.05) is 19.1 Å². The van der Waals surface area contributed by atoms with E-state index in [0.29, 0.717) is 18.4 Å². The van der Waals surface area contributed by atoms with Crippen molar-refractivity contribution in [3.8, 4) is 5.75 Å². The number of fused-ring (bicyclic) bond motifs is 1. The number of ether oxygens (including phenoxy) is 1. The first-order valence-corrected chi connectivity index (χ1v) is 7.78. The van der Waals surface area contributed by atoms with Gasteiger partial charge in [0, 0.05) is 13.1 Å². The van der Waals surface area contributed by atoms with Gasteiger partial charge >= 0.3 is 0 Å². The van der Waals surface area contributed by atoms with Crippen molar-refractivity contribution in [1.82, 2.24) is 4.90 Å². The van der Waals surface area contributed by atoms with Crippen LogP contribution in [0.5, 0.6) is 5.75 Å². The fraction of sp³-hybridized carbons (Fsp3) is 0.471. The number of hydrogen-bond acceptors (Lipinski definition) is 3. The van der Waals surface area contributed by atoms with Crippen LogP contribution < -0.4 is 10.5 Å². The standard InChI is InChI=1S/C17H23N3O2/c1-12-6-5-9-20(11-12)17(18)19-10-15-16(21-2)13-7-3-4-8-14(13)22-15/h3-4,7-8,12H,5-6,9-11H2,1-2H3,(H2,18,19). The minimum Gasteiger partial charge on any atom is -0.492 e. The van der Waals surface area contributed by atoms with Crippen LogP contribution in [0.25, 0.3) is 11.0 Å². The van der Waals surface area contributed by atoms with Crippen molar-refractivity contribution in [2.45, 2.75) is 26.3 Å². The van der Waals surface area contributed by atoms with Crippen LogP contribution in [0.1, 0.15) is 25.5 Å². The molecule has 5 heteroatoms. The predicted octanol–water partition coefficient (Wildman–Crippen LogP) is 2.99. The molecule has 0 saturated carbocycles. The molecule has 5 nitrogen and oxygen atoms in total. The molecule has 1 saturated heterocycles. The van der Waals surface area contributed by atoms with Gasteiger partial charge in [-0.25, -0.2) is 4.99 Å². The summed E-state index contributed by atoms with van der Waals surface area (Å²) >= 11 is 0. The molecular formula is C17H23N3O2. The maximum atomic E-state index is 6.14. The normalized spacial score (nSPS) is 19.6. The van der Waals surface area contributed by atoms with Gasteiger partial charge in [0.05, 0.1) is 12.5 Å². The van der Waals surface area contributed by atoms with E-state index < -0.39 is 0 Å². The summed E-state index contributed by atoms with van der Waals surface area (Å²) in [4.78, 5) is 6.66. The minimum atomic E-state index is 0.397. The van der Waals surface area contributed by atoms with Crippen LogP contribution in [0.3, 0.4) is 0 Å². The first kappa shape index (κ1) is 14.8. The first-order valence-electron chi connectivity index (χ1n) is 7.78. The van der Waals surface area contributed by atoms with Gasteiger partial charge in [0.15, 0.2) is 17.5 Å². The molecular weight excluding hydrogens is 278 g/mol. The van der Waals surface area contributed by atoms with Crippen LogP contribution in [0, 0.1) is 5.92 Å². The number of guanidine groups is 1. The van der Waals surface area contributed by atoms with E-state index in [-0.39, 0.29) is 0 Å². The third-order valence-electron chi connectivity index (χ3n) is 4.19. The van der Waals surface area contributed by atoms with Crippen molar-refractivity contribution in [3.05, 3.63) is 30.0 Å². The van der Waals surface area contributed by atoms with Gasteiger partial charge in [-0.3, -0.25) is 0 Å². The van der Waals surface area contributed by atoms with Gasteiger partial charge in [-0.05, 0) is 30.9 Å². The maximum absolute atomic E-state index is 6.14. The molecule has 118 valence electrons. The van der Waals surface area contributed by atoms with Crippen molar-refractivity contribution in [3.63, 3.8) is 0 Å². The van der Waals surface area contributed by atoms with E-state index in [1.807, 2.05) is 24.3 Å². The average Bonchev–Trinajstić information content (AvgIpc) is 2.90. The Bertz CT molecular complexity index is 678. The first-order chi connectivity index (χ1) is 10.7.